The van der Waals surface area contributed by atoms with Gasteiger partial charge in [0.25, 0.3) is 0 Å². The van der Waals surface area contributed by atoms with Crippen molar-refractivity contribution in [1.82, 2.24) is 9.88 Å². The van der Waals surface area contributed by atoms with Gasteiger partial charge in [-0.15, -0.1) is 0 Å². The van der Waals surface area contributed by atoms with Gasteiger partial charge in [-0.1, -0.05) is 37.5 Å². The third kappa shape index (κ3) is 3.38. The number of hydrogen-bond donors (Lipinski definition) is 1. The Balaban J connectivity index is 1.68. The van der Waals surface area contributed by atoms with E-state index in [1.165, 1.54) is 6.42 Å². The molecule has 2 heterocycles. The molecule has 27 heavy (non-hydrogen) atoms. The van der Waals surface area contributed by atoms with Crippen molar-refractivity contribution in [2.45, 2.75) is 58.2 Å². The number of carbonyl (C=O) groups excluding carboxylic acids is 2. The number of anilines is 1. The van der Waals surface area contributed by atoms with Crippen LogP contribution in [0.1, 0.15) is 49.9 Å². The van der Waals surface area contributed by atoms with Crippen LogP contribution in [0.15, 0.2) is 42.6 Å². The summed E-state index contributed by atoms with van der Waals surface area (Å²) in [5.41, 5.74) is 2.77. The second-order valence-electron chi connectivity index (χ2n) is 7.94. The summed E-state index contributed by atoms with van der Waals surface area (Å²) in [7, 11) is 0. The molecule has 1 aliphatic carbocycles. The van der Waals surface area contributed by atoms with Gasteiger partial charge < -0.3 is 9.88 Å². The molecule has 2 aliphatic rings. The fourth-order valence-electron chi connectivity index (χ4n) is 4.36. The lowest BCUT2D eigenvalue weighted by molar-refractivity contribution is -0.129. The van der Waals surface area contributed by atoms with E-state index in [0.29, 0.717) is 5.92 Å². The van der Waals surface area contributed by atoms with Gasteiger partial charge in [0.1, 0.15) is 6.54 Å². The van der Waals surface area contributed by atoms with E-state index in [2.05, 4.69) is 12.2 Å². The van der Waals surface area contributed by atoms with Gasteiger partial charge in [-0.05, 0) is 49.9 Å². The van der Waals surface area contributed by atoms with Crippen LogP contribution in [0.25, 0.3) is 0 Å². The van der Waals surface area contributed by atoms with E-state index in [4.69, 9.17) is 0 Å². The minimum absolute atomic E-state index is 0.0561. The number of aryl methyl sites for hydroxylation is 1. The summed E-state index contributed by atoms with van der Waals surface area (Å²) in [5, 5.41) is 3.25. The van der Waals surface area contributed by atoms with Crippen molar-refractivity contribution in [2.75, 3.05) is 4.90 Å². The van der Waals surface area contributed by atoms with Crippen molar-refractivity contribution in [3.63, 3.8) is 0 Å². The molecule has 0 saturated heterocycles. The number of carbonyl (C=O) groups is 2. The maximum absolute atomic E-state index is 13.4. The van der Waals surface area contributed by atoms with Crippen molar-refractivity contribution in [1.29, 1.82) is 0 Å². The molecule has 1 fully saturated rings. The smallest absolute Gasteiger partial charge is 0.249 e. The number of nitrogens with zero attached hydrogens (tertiary/aromatic N) is 2. The Morgan fingerprint density at radius 1 is 1.11 bits per heavy atom. The maximum Gasteiger partial charge on any atom is 0.249 e. The van der Waals surface area contributed by atoms with Crippen LogP contribution in [0.2, 0.25) is 0 Å². The topological polar surface area (TPSA) is 54.3 Å². The van der Waals surface area contributed by atoms with Gasteiger partial charge >= 0.3 is 0 Å². The molecule has 1 aromatic carbocycles. The standard InChI is InChI=1S/C22H27N3O2/c1-15-9-11-17(12-10-15)25-20(26)14-24-13-5-8-19(24)21(25)22(27)23-18-7-4-3-6-16(18)2/h5,8-13,16,18,21H,3-4,6-7,14H2,1-2H3,(H,23,27). The molecule has 0 bridgehead atoms. The molecule has 1 N–H and O–H groups in total. The van der Waals surface area contributed by atoms with Crippen molar-refractivity contribution in [2.24, 2.45) is 5.92 Å². The summed E-state index contributed by atoms with van der Waals surface area (Å²) in [5.74, 6) is 0.336. The van der Waals surface area contributed by atoms with Gasteiger partial charge in [0, 0.05) is 17.9 Å². The molecular weight excluding hydrogens is 338 g/mol. The molecule has 2 amide bonds. The Hall–Kier alpha value is -2.56. The number of fused-ring (bicyclic) bond motifs is 1. The van der Waals surface area contributed by atoms with Crippen LogP contribution in [0.3, 0.4) is 0 Å². The lowest BCUT2D eigenvalue weighted by Crippen LogP contribution is -2.52. The first kappa shape index (κ1) is 17.8. The van der Waals surface area contributed by atoms with Crippen molar-refractivity contribution >= 4 is 17.5 Å². The largest absolute Gasteiger partial charge is 0.351 e. The van der Waals surface area contributed by atoms with Gasteiger partial charge in [0.15, 0.2) is 6.04 Å². The molecule has 1 saturated carbocycles. The van der Waals surface area contributed by atoms with Gasteiger partial charge in [-0.3, -0.25) is 14.5 Å². The summed E-state index contributed by atoms with van der Waals surface area (Å²) >= 11 is 0. The molecule has 0 radical (unpaired) electrons. The van der Waals surface area contributed by atoms with Crippen LogP contribution >= 0.6 is 0 Å². The first-order chi connectivity index (χ1) is 13.0. The van der Waals surface area contributed by atoms with Crippen molar-refractivity contribution in [3.8, 4) is 0 Å². The molecule has 3 unspecified atom stereocenters. The molecule has 142 valence electrons. The van der Waals surface area contributed by atoms with E-state index in [1.807, 2.05) is 54.1 Å². The highest BCUT2D eigenvalue weighted by Crippen LogP contribution is 2.33. The minimum atomic E-state index is -0.627. The summed E-state index contributed by atoms with van der Waals surface area (Å²) in [6.07, 6.45) is 6.42. The molecule has 3 atom stereocenters. The molecule has 5 heteroatoms. The van der Waals surface area contributed by atoms with Crippen molar-refractivity contribution < 1.29 is 9.59 Å². The monoisotopic (exact) mass is 365 g/mol. The molecule has 1 aliphatic heterocycles. The molecule has 0 spiro atoms. The number of nitrogens with one attached hydrogen (secondary N) is 1. The first-order valence-corrected chi connectivity index (χ1v) is 9.89. The average molecular weight is 365 g/mol. The SMILES string of the molecule is Cc1ccc(N2C(=O)Cn3cccc3C2C(=O)NC2CCCCC2C)cc1. The number of amides is 2. The van der Waals surface area contributed by atoms with E-state index in [9.17, 15) is 9.59 Å². The zero-order valence-corrected chi connectivity index (χ0v) is 16.0. The Labute approximate surface area is 160 Å². The van der Waals surface area contributed by atoms with E-state index in [-0.39, 0.29) is 24.4 Å². The van der Waals surface area contributed by atoms with Crippen LogP contribution < -0.4 is 10.2 Å². The highest BCUT2D eigenvalue weighted by molar-refractivity contribution is 6.02. The number of aromatic nitrogens is 1. The quantitative estimate of drug-likeness (QED) is 0.904. The Morgan fingerprint density at radius 3 is 2.59 bits per heavy atom. The molecule has 1 aromatic heterocycles. The van der Waals surface area contributed by atoms with Gasteiger partial charge in [-0.2, -0.15) is 0 Å². The number of rotatable bonds is 3. The van der Waals surface area contributed by atoms with E-state index in [1.54, 1.807) is 4.90 Å². The fraction of sp³-hybridized carbons (Fsp3) is 0.455. The van der Waals surface area contributed by atoms with Crippen LogP contribution in [-0.2, 0) is 16.1 Å². The summed E-state index contributed by atoms with van der Waals surface area (Å²) in [6, 6.07) is 11.2. The van der Waals surface area contributed by atoms with Gasteiger partial charge in [-0.25, -0.2) is 0 Å². The van der Waals surface area contributed by atoms with Crippen LogP contribution in [0, 0.1) is 12.8 Å². The maximum atomic E-state index is 13.4. The average Bonchev–Trinajstić information content (AvgIpc) is 3.11. The van der Waals surface area contributed by atoms with E-state index >= 15 is 0 Å². The van der Waals surface area contributed by atoms with Crippen LogP contribution in [0.5, 0.6) is 0 Å². The number of hydrogen-bond acceptors (Lipinski definition) is 2. The predicted octanol–water partition coefficient (Wildman–Crippen LogP) is 3.58. The lowest BCUT2D eigenvalue weighted by Gasteiger charge is -2.38. The molecule has 2 aromatic rings. The highest BCUT2D eigenvalue weighted by Gasteiger charge is 2.39. The molecule has 5 nitrogen and oxygen atoms in total. The highest BCUT2D eigenvalue weighted by atomic mass is 16.2. The fourth-order valence-corrected chi connectivity index (χ4v) is 4.36. The van der Waals surface area contributed by atoms with E-state index < -0.39 is 6.04 Å². The van der Waals surface area contributed by atoms with Crippen molar-refractivity contribution in [3.05, 3.63) is 53.9 Å². The molecular formula is C22H27N3O2. The Kier molecular flexibility index (Phi) is 4.77. The van der Waals surface area contributed by atoms with Gasteiger partial charge in [0.05, 0.1) is 5.69 Å². The van der Waals surface area contributed by atoms with Crippen LogP contribution in [0.4, 0.5) is 5.69 Å². The zero-order chi connectivity index (χ0) is 19.0. The Bertz CT molecular complexity index is 839. The summed E-state index contributed by atoms with van der Waals surface area (Å²) in [6.45, 7) is 4.48. The number of benzene rings is 1. The van der Waals surface area contributed by atoms with Crippen LogP contribution in [-0.4, -0.2) is 22.4 Å². The third-order valence-electron chi connectivity index (χ3n) is 5.98. The lowest BCUT2D eigenvalue weighted by atomic mass is 9.85. The summed E-state index contributed by atoms with van der Waals surface area (Å²) in [4.78, 5) is 28.0. The Morgan fingerprint density at radius 2 is 1.85 bits per heavy atom. The first-order valence-electron chi connectivity index (χ1n) is 9.89. The third-order valence-corrected chi connectivity index (χ3v) is 5.98. The minimum Gasteiger partial charge on any atom is -0.351 e. The zero-order valence-electron chi connectivity index (χ0n) is 16.0. The predicted molar refractivity (Wildman–Crippen MR) is 105 cm³/mol. The normalized spacial score (nSPS) is 25.2. The second-order valence-corrected chi connectivity index (χ2v) is 7.94. The second kappa shape index (κ2) is 7.22. The van der Waals surface area contributed by atoms with E-state index in [0.717, 1.165) is 36.2 Å². The summed E-state index contributed by atoms with van der Waals surface area (Å²) < 4.78 is 1.89. The molecule has 4 rings (SSSR count). The van der Waals surface area contributed by atoms with Gasteiger partial charge in [0.2, 0.25) is 11.8 Å².